The average molecular weight is 542 g/mol. The molecule has 0 amide bonds. The molecule has 1 aliphatic heterocycles. The van der Waals surface area contributed by atoms with Gasteiger partial charge >= 0.3 is 7.60 Å². The van der Waals surface area contributed by atoms with E-state index in [-0.39, 0.29) is 17.0 Å². The highest BCUT2D eigenvalue weighted by Gasteiger charge is 2.46. The van der Waals surface area contributed by atoms with Crippen LogP contribution in [0.3, 0.4) is 0 Å². The Morgan fingerprint density at radius 2 is 2.03 bits per heavy atom. The molecule has 1 aromatic carbocycles. The summed E-state index contributed by atoms with van der Waals surface area (Å²) < 4.78 is 23.4. The van der Waals surface area contributed by atoms with Crippen LogP contribution in [0, 0.1) is 0 Å². The smallest absolute Gasteiger partial charge is 0.356 e. The van der Waals surface area contributed by atoms with Crippen molar-refractivity contribution < 1.29 is 39.1 Å². The molecule has 1 aliphatic carbocycles. The van der Waals surface area contributed by atoms with Gasteiger partial charge in [0.25, 0.3) is 0 Å². The zero-order chi connectivity index (χ0) is 25.6. The summed E-state index contributed by atoms with van der Waals surface area (Å²) in [6.45, 7) is -1.42. The fraction of sp³-hybridized carbons (Fsp3) is 0.476. The topological polar surface area (TPSA) is 192 Å². The van der Waals surface area contributed by atoms with Crippen LogP contribution >= 0.6 is 19.2 Å². The number of aliphatic hydroxyl groups excluding tert-OH is 3. The highest BCUT2D eigenvalue weighted by molar-refractivity contribution is 7.52. The number of halogens is 1. The lowest BCUT2D eigenvalue weighted by molar-refractivity contribution is -0.0807. The third-order valence-corrected chi connectivity index (χ3v) is 7.66. The normalized spacial score (nSPS) is 26.9. The number of benzene rings is 1. The highest BCUT2D eigenvalue weighted by atomic mass is 35.5. The van der Waals surface area contributed by atoms with E-state index in [1.54, 1.807) is 0 Å². The van der Waals surface area contributed by atoms with E-state index in [4.69, 9.17) is 26.2 Å². The van der Waals surface area contributed by atoms with Crippen LogP contribution in [0.25, 0.3) is 11.0 Å². The monoisotopic (exact) mass is 541 g/mol. The molecule has 1 fully saturated rings. The number of ether oxygens (including phenoxy) is 2. The predicted octanol–water partition coefficient (Wildman–Crippen LogP) is 0.711. The van der Waals surface area contributed by atoms with Crippen molar-refractivity contribution in [1.29, 1.82) is 0 Å². The molecule has 3 heterocycles. The predicted molar refractivity (Wildman–Crippen MR) is 126 cm³/mol. The van der Waals surface area contributed by atoms with Crippen LogP contribution < -0.4 is 5.32 Å². The van der Waals surface area contributed by atoms with Crippen molar-refractivity contribution in [2.75, 3.05) is 18.5 Å². The van der Waals surface area contributed by atoms with E-state index in [2.05, 4.69) is 32.5 Å². The first-order valence-corrected chi connectivity index (χ1v) is 13.3. The van der Waals surface area contributed by atoms with Crippen LogP contribution in [0.15, 0.2) is 30.5 Å². The van der Waals surface area contributed by atoms with Crippen molar-refractivity contribution in [3.63, 3.8) is 0 Å². The lowest BCUT2D eigenvalue weighted by Crippen LogP contribution is -2.35. The van der Waals surface area contributed by atoms with Gasteiger partial charge in [-0.1, -0.05) is 24.3 Å². The van der Waals surface area contributed by atoms with Crippen molar-refractivity contribution in [2.24, 2.45) is 0 Å². The largest absolute Gasteiger partial charge is 0.393 e. The van der Waals surface area contributed by atoms with Crippen molar-refractivity contribution in [3.05, 3.63) is 46.9 Å². The highest BCUT2D eigenvalue weighted by Crippen LogP contribution is 2.42. The first kappa shape index (κ1) is 25.5. The molecule has 2 aliphatic rings. The number of nitrogens with one attached hydrogen (secondary N) is 1. The number of hydrogen-bond acceptors (Lipinski definition) is 10. The first-order chi connectivity index (χ1) is 17.2. The molecular weight excluding hydrogens is 517 g/mol. The number of aromatic nitrogens is 4. The van der Waals surface area contributed by atoms with E-state index in [1.165, 1.54) is 22.0 Å². The lowest BCUT2D eigenvalue weighted by atomic mass is 10.1. The zero-order valence-electron chi connectivity index (χ0n) is 18.8. The Bertz CT molecular complexity index is 1300. The molecule has 3 aromatic rings. The molecule has 6 atom stereocenters. The number of hydrogen-bond donors (Lipinski definition) is 6. The van der Waals surface area contributed by atoms with Crippen molar-refractivity contribution >= 4 is 36.0 Å². The minimum absolute atomic E-state index is 0.0175. The van der Waals surface area contributed by atoms with Crippen LogP contribution in [0.1, 0.15) is 29.8 Å². The molecule has 36 heavy (non-hydrogen) atoms. The van der Waals surface area contributed by atoms with Gasteiger partial charge in [0.2, 0.25) is 5.28 Å². The fourth-order valence-electron chi connectivity index (χ4n) is 4.60. The van der Waals surface area contributed by atoms with E-state index >= 15 is 0 Å². The Kier molecular flexibility index (Phi) is 7.03. The van der Waals surface area contributed by atoms with Gasteiger partial charge in [0, 0.05) is 0 Å². The summed E-state index contributed by atoms with van der Waals surface area (Å²) in [4.78, 5) is 27.0. The molecule has 0 saturated carbocycles. The van der Waals surface area contributed by atoms with Crippen LogP contribution in [0.5, 0.6) is 0 Å². The standard InChI is InChI=1S/C21H25ClN5O8P/c22-21-25-18(24-13-6-5-10-3-1-2-4-11(10)13)12-7-23-27(19(12)26-21)20-17(30)16(29)14(35-20)9-34-15(8-28)36(31,32)33/h1-4,7,13-17,20,28-30H,5-6,8-9H2,(H,24,25,26)(H2,31,32,33)/t13?,14?,15?,16-,17-,20-/m1/s1. The Morgan fingerprint density at radius 3 is 2.78 bits per heavy atom. The summed E-state index contributed by atoms with van der Waals surface area (Å²) in [6.07, 6.45) is -1.98. The molecule has 0 bridgehead atoms. The second kappa shape index (κ2) is 9.93. The summed E-state index contributed by atoms with van der Waals surface area (Å²) in [7, 11) is -4.74. The van der Waals surface area contributed by atoms with E-state index in [1.807, 2.05) is 12.1 Å². The minimum atomic E-state index is -4.74. The number of aryl methyl sites for hydroxylation is 1. The summed E-state index contributed by atoms with van der Waals surface area (Å²) in [6, 6.07) is 8.14. The van der Waals surface area contributed by atoms with Crippen LogP contribution in [-0.4, -0.2) is 82.2 Å². The van der Waals surface area contributed by atoms with Gasteiger partial charge in [-0.25, -0.2) is 4.68 Å². The third kappa shape index (κ3) is 4.74. The van der Waals surface area contributed by atoms with Gasteiger partial charge in [-0.3, -0.25) is 4.57 Å². The van der Waals surface area contributed by atoms with E-state index < -0.39 is 51.2 Å². The molecule has 13 nitrogen and oxygen atoms in total. The van der Waals surface area contributed by atoms with Crippen LogP contribution in [0.2, 0.25) is 5.28 Å². The zero-order valence-corrected chi connectivity index (χ0v) is 20.4. The molecule has 2 aromatic heterocycles. The van der Waals surface area contributed by atoms with Crippen LogP contribution in [0.4, 0.5) is 5.82 Å². The number of nitrogens with zero attached hydrogens (tertiary/aromatic N) is 4. The number of anilines is 1. The number of aliphatic hydroxyl groups is 3. The molecule has 1 saturated heterocycles. The molecule has 15 heteroatoms. The molecule has 0 spiro atoms. The fourth-order valence-corrected chi connectivity index (χ4v) is 5.26. The summed E-state index contributed by atoms with van der Waals surface area (Å²) >= 11 is 6.21. The van der Waals surface area contributed by atoms with Gasteiger partial charge in [0.15, 0.2) is 17.7 Å². The quantitative estimate of drug-likeness (QED) is 0.173. The molecule has 6 N–H and O–H groups in total. The average Bonchev–Trinajstić information content (AvgIpc) is 3.51. The SMILES string of the molecule is O=P(O)(O)C(CO)OCC1O[C@@H](n2ncc3c(NC4CCc5ccccc54)nc(Cl)nc32)[C@H](O)[C@@H]1O. The van der Waals surface area contributed by atoms with Crippen molar-refractivity contribution in [1.82, 2.24) is 19.7 Å². The van der Waals surface area contributed by atoms with Gasteiger partial charge in [-0.05, 0) is 35.6 Å². The summed E-state index contributed by atoms with van der Waals surface area (Å²) in [5.74, 6) is -1.32. The molecular formula is C21H25ClN5O8P. The molecule has 194 valence electrons. The Morgan fingerprint density at radius 1 is 1.25 bits per heavy atom. The summed E-state index contributed by atoms with van der Waals surface area (Å²) in [5.41, 5.74) is 2.68. The van der Waals surface area contributed by atoms with E-state index in [0.717, 1.165) is 12.8 Å². The van der Waals surface area contributed by atoms with Gasteiger partial charge in [-0.2, -0.15) is 15.1 Å². The van der Waals surface area contributed by atoms with E-state index in [0.29, 0.717) is 11.2 Å². The lowest BCUT2D eigenvalue weighted by Gasteiger charge is -2.20. The third-order valence-electron chi connectivity index (χ3n) is 6.43. The maximum atomic E-state index is 11.4. The number of fused-ring (bicyclic) bond motifs is 2. The molecule has 5 rings (SSSR count). The first-order valence-electron chi connectivity index (χ1n) is 11.2. The summed E-state index contributed by atoms with van der Waals surface area (Å²) in [5, 5.41) is 38.4. The van der Waals surface area contributed by atoms with Crippen molar-refractivity contribution in [3.8, 4) is 0 Å². The Balaban J connectivity index is 1.38. The minimum Gasteiger partial charge on any atom is -0.393 e. The second-order valence-corrected chi connectivity index (χ2v) is 10.8. The molecule has 3 unspecified atom stereocenters. The van der Waals surface area contributed by atoms with E-state index in [9.17, 15) is 24.6 Å². The second-order valence-electron chi connectivity index (χ2n) is 8.71. The molecule has 0 radical (unpaired) electrons. The van der Waals surface area contributed by atoms with Gasteiger partial charge in [-0.15, -0.1) is 0 Å². The van der Waals surface area contributed by atoms with Gasteiger partial charge < -0.3 is 39.9 Å². The van der Waals surface area contributed by atoms with Gasteiger partial charge in [0.1, 0.15) is 24.1 Å². The van der Waals surface area contributed by atoms with Crippen LogP contribution in [-0.2, 0) is 20.5 Å². The van der Waals surface area contributed by atoms with Gasteiger partial charge in [0.05, 0.1) is 30.8 Å². The maximum absolute atomic E-state index is 11.4. The Hall–Kier alpha value is -2.19. The maximum Gasteiger partial charge on any atom is 0.356 e. The van der Waals surface area contributed by atoms with Crippen molar-refractivity contribution in [2.45, 2.75) is 49.3 Å². The Labute approximate surface area is 209 Å². The number of rotatable bonds is 8.